The topological polar surface area (TPSA) is 147 Å². The predicted octanol–water partition coefficient (Wildman–Crippen LogP) is 9.21. The van der Waals surface area contributed by atoms with Crippen LogP contribution in [0, 0.1) is 42.5 Å². The molecule has 2 fully saturated rings. The summed E-state index contributed by atoms with van der Waals surface area (Å²) in [5.74, 6) is -6.08. The van der Waals surface area contributed by atoms with Crippen molar-refractivity contribution < 1.29 is 103 Å². The second kappa shape index (κ2) is 30.5. The summed E-state index contributed by atoms with van der Waals surface area (Å²) in [5, 5.41) is 12.2. The van der Waals surface area contributed by atoms with Gasteiger partial charge in [0.05, 0.1) is 18.2 Å². The van der Waals surface area contributed by atoms with Crippen LogP contribution in [0.1, 0.15) is 66.0 Å². The van der Waals surface area contributed by atoms with Crippen LogP contribution in [0.2, 0.25) is 0 Å². The minimum absolute atomic E-state index is 0. The number of benzene rings is 6. The SMILES string of the molecule is CC(=O)C1CC(NC(=O)N[C@](Cc2ccccc2)(c2ccc(F)cc2)c2cc(F)cc(OC(F)(F)C(F)F)c2)C1.CON(C)C(=O)C1CC(NC(=O)N[C@](Cc2ccccc2)(c2ccc(F)cc2)c2cc(F)cc(OC(F)(F)C(F)F)c2)C1.[Br-].[CH3-].[Mg+2]. The normalized spacial score (nSPS) is 17.5. The molecule has 4 N–H and O–H groups in total. The Hall–Kier alpha value is -7.03. The maximum Gasteiger partial charge on any atom is 2.00 e. The molecule has 0 aromatic heterocycles. The monoisotopic (exact) mass is 1290 g/mol. The third-order valence-corrected chi connectivity index (χ3v) is 14.2. The van der Waals surface area contributed by atoms with E-state index in [1.807, 2.05) is 0 Å². The first-order valence-corrected chi connectivity index (χ1v) is 25.6. The first kappa shape index (κ1) is 71.4. The molecule has 2 aliphatic carbocycles. The molecule has 0 heterocycles. The number of rotatable bonds is 21. The second-order valence-corrected chi connectivity index (χ2v) is 20.0. The molecule has 2 saturated carbocycles. The van der Waals surface area contributed by atoms with Crippen molar-refractivity contribution in [1.29, 1.82) is 0 Å². The van der Waals surface area contributed by atoms with Gasteiger partial charge in [-0.05, 0) is 115 Å². The van der Waals surface area contributed by atoms with Gasteiger partial charge >= 0.3 is 60.2 Å². The van der Waals surface area contributed by atoms with Crippen molar-refractivity contribution in [3.63, 3.8) is 0 Å². The molecule has 0 bridgehead atoms. The standard InChI is InChI=1S/C30H29F6N3O4.C29H26F6N2O3.CH3.BrH.Mg/c1-39(42-2)26(40)19-12-24(13-19)37-28(41)38-29(17-18-6-4-3-5-7-18,20-8-10-22(31)11-9-20)21-14-23(32)16-25(15-21)43-30(35,36)27(33)34;1-17(38)19-11-24(12-19)36-27(39)37-28(16-18-5-3-2-4-6-18,20-7-9-22(30)10-8-20)21-13-23(31)15-25(14-21)40-29(34,35)26(32)33;;;/h3-11,14-16,19,24,27H,12-13,17H2,1-2H3,(H2,37,38,41);2-10,13-15,19,24,26H,11-12,16H2,1H3,(H2,36,37,39);1H3;1H;/q;;-1;;+2/p-1/t19?,24?,29-;19?,24?,28-;;;/m11.../s1. The quantitative estimate of drug-likeness (QED) is 0.0243. The number of hydrogen-bond acceptors (Lipinski definition) is 7. The number of ether oxygens (including phenoxy) is 2. The molecule has 6 aromatic rings. The molecule has 2 aliphatic rings. The van der Waals surface area contributed by atoms with Crippen molar-refractivity contribution in [3.05, 3.63) is 210 Å². The fraction of sp³-hybridized carbons (Fsp3) is 0.317. The van der Waals surface area contributed by atoms with E-state index in [-0.39, 0.29) is 112 Å². The van der Waals surface area contributed by atoms with Gasteiger partial charge in [0, 0.05) is 55.9 Å². The minimum Gasteiger partial charge on any atom is -1.00 e. The van der Waals surface area contributed by atoms with Gasteiger partial charge in [0.1, 0.15) is 40.6 Å². The Morgan fingerprint density at radius 1 is 0.535 bits per heavy atom. The van der Waals surface area contributed by atoms with Crippen LogP contribution in [-0.2, 0) is 38.3 Å². The third kappa shape index (κ3) is 18.0. The molecule has 0 saturated heterocycles. The van der Waals surface area contributed by atoms with Gasteiger partial charge in [-0.2, -0.15) is 35.1 Å². The van der Waals surface area contributed by atoms with E-state index in [9.17, 15) is 71.9 Å². The van der Waals surface area contributed by atoms with Crippen molar-refractivity contribution in [2.75, 3.05) is 14.2 Å². The van der Waals surface area contributed by atoms with Gasteiger partial charge in [-0.25, -0.2) is 32.2 Å². The molecule has 12 nitrogen and oxygen atoms in total. The molecule has 86 heavy (non-hydrogen) atoms. The van der Waals surface area contributed by atoms with Crippen LogP contribution in [0.3, 0.4) is 0 Å². The summed E-state index contributed by atoms with van der Waals surface area (Å²) in [6.45, 7) is 1.46. The summed E-state index contributed by atoms with van der Waals surface area (Å²) in [7, 11) is 2.81. The molecule has 0 spiro atoms. The average Bonchev–Trinajstić information content (AvgIpc) is 2.11. The molecule has 458 valence electrons. The van der Waals surface area contributed by atoms with Gasteiger partial charge in [-0.3, -0.25) is 14.4 Å². The van der Waals surface area contributed by atoms with E-state index in [1.165, 1.54) is 45.3 Å². The van der Waals surface area contributed by atoms with Gasteiger partial charge in [0.25, 0.3) is 0 Å². The summed E-state index contributed by atoms with van der Waals surface area (Å²) in [6.07, 6.45) is -16.9. The zero-order chi connectivity index (χ0) is 60.4. The van der Waals surface area contributed by atoms with E-state index in [2.05, 4.69) is 30.7 Å². The number of amides is 5. The number of nitrogens with zero attached hydrogens (tertiary/aromatic N) is 1. The van der Waals surface area contributed by atoms with Crippen LogP contribution in [0.4, 0.5) is 62.3 Å². The summed E-state index contributed by atoms with van der Waals surface area (Å²) < 4.78 is 173. The van der Waals surface area contributed by atoms with Crippen molar-refractivity contribution in [1.82, 2.24) is 26.3 Å². The van der Waals surface area contributed by atoms with E-state index in [1.54, 1.807) is 60.7 Å². The number of hydrogen-bond donors (Lipinski definition) is 4. The molecule has 26 heteroatoms. The van der Waals surface area contributed by atoms with Crippen molar-refractivity contribution in [2.45, 2.75) is 93.7 Å². The number of carbonyl (C=O) groups is 4. The van der Waals surface area contributed by atoms with Crippen LogP contribution in [0.15, 0.2) is 146 Å². The van der Waals surface area contributed by atoms with E-state index >= 15 is 0 Å². The Balaban J connectivity index is 0.000000357. The minimum atomic E-state index is -4.93. The van der Waals surface area contributed by atoms with Crippen LogP contribution in [0.25, 0.3) is 0 Å². The van der Waals surface area contributed by atoms with Gasteiger partial charge in [-0.1, -0.05) is 84.9 Å². The number of ketones is 1. The van der Waals surface area contributed by atoms with Crippen LogP contribution in [-0.4, -0.2) is 103 Å². The number of halogens is 13. The first-order valence-electron chi connectivity index (χ1n) is 25.6. The molecule has 0 unspecified atom stereocenters. The Labute approximate surface area is 514 Å². The molecule has 0 aliphatic heterocycles. The number of Topliss-reactive ketones (excluding diaryl/α,β-unsaturated/α-hetero) is 1. The number of alkyl halides is 8. The van der Waals surface area contributed by atoms with Gasteiger partial charge in [0.2, 0.25) is 5.91 Å². The fourth-order valence-electron chi connectivity index (χ4n) is 9.71. The molecule has 6 aromatic carbocycles. The Bertz CT molecular complexity index is 3210. The van der Waals surface area contributed by atoms with Crippen molar-refractivity contribution in [2.24, 2.45) is 11.8 Å². The maximum atomic E-state index is 14.9. The Kier molecular flexibility index (Phi) is 25.4. The van der Waals surface area contributed by atoms with E-state index in [4.69, 9.17) is 4.84 Å². The summed E-state index contributed by atoms with van der Waals surface area (Å²) in [5.41, 5.74) is -1.99. The molecular formula is C60H58BrF12MgN5O7. The van der Waals surface area contributed by atoms with Crippen molar-refractivity contribution >= 4 is 46.8 Å². The van der Waals surface area contributed by atoms with Crippen LogP contribution < -0.4 is 47.7 Å². The van der Waals surface area contributed by atoms with Gasteiger partial charge in [0.15, 0.2) is 0 Å². The predicted molar refractivity (Wildman–Crippen MR) is 290 cm³/mol. The zero-order valence-electron chi connectivity index (χ0n) is 46.5. The zero-order valence-corrected chi connectivity index (χ0v) is 49.5. The molecule has 5 amide bonds. The Morgan fingerprint density at radius 2 is 0.884 bits per heavy atom. The third-order valence-electron chi connectivity index (χ3n) is 14.2. The summed E-state index contributed by atoms with van der Waals surface area (Å²) in [6, 6.07) is 29.5. The van der Waals surface area contributed by atoms with E-state index in [0.29, 0.717) is 48.9 Å². The fourth-order valence-corrected chi connectivity index (χ4v) is 9.71. The average molecular weight is 1290 g/mol. The molecule has 0 radical (unpaired) electrons. The van der Waals surface area contributed by atoms with Gasteiger partial charge < -0.3 is 55.1 Å². The number of urea groups is 2. The van der Waals surface area contributed by atoms with Crippen molar-refractivity contribution in [3.8, 4) is 11.5 Å². The van der Waals surface area contributed by atoms with E-state index < -0.39 is 89.0 Å². The van der Waals surface area contributed by atoms with Crippen LogP contribution >= 0.6 is 0 Å². The smallest absolute Gasteiger partial charge is 1.00 e. The number of carbonyl (C=O) groups excluding carboxylic acids is 4. The van der Waals surface area contributed by atoms with Crippen LogP contribution in [0.5, 0.6) is 11.5 Å². The second-order valence-electron chi connectivity index (χ2n) is 20.0. The number of nitrogens with one attached hydrogen (secondary N) is 4. The summed E-state index contributed by atoms with van der Waals surface area (Å²) >= 11 is 0. The largest absolute Gasteiger partial charge is 2.00 e. The molecule has 8 rings (SSSR count). The Morgan fingerprint density at radius 3 is 1.21 bits per heavy atom. The van der Waals surface area contributed by atoms with E-state index in [0.717, 1.165) is 53.6 Å². The maximum absolute atomic E-state index is 14.9. The first-order chi connectivity index (χ1) is 39.2. The molecule has 2 atom stereocenters. The molecular weight excluding hydrogens is 1230 g/mol. The van der Waals surface area contributed by atoms with Gasteiger partial charge in [-0.15, -0.1) is 0 Å². The summed E-state index contributed by atoms with van der Waals surface area (Å²) in [4.78, 5) is 55.6. The number of hydroxylamine groups is 2.